The Morgan fingerprint density at radius 1 is 0.714 bits per heavy atom. The molecule has 1 heterocycles. The smallest absolute Gasteiger partial charge is 0.0544 e. The Balaban J connectivity index is 2.23. The van der Waals surface area contributed by atoms with Gasteiger partial charge < -0.3 is 10.3 Å². The molecule has 0 aliphatic heterocycles. The van der Waals surface area contributed by atoms with Crippen molar-refractivity contribution in [2.75, 3.05) is 0 Å². The van der Waals surface area contributed by atoms with Crippen molar-refractivity contribution in [2.24, 2.45) is 5.73 Å². The summed E-state index contributed by atoms with van der Waals surface area (Å²) in [6, 6.07) is 25.4. The lowest BCUT2D eigenvalue weighted by molar-refractivity contribution is 1.09. The molecule has 1 aromatic heterocycles. The Kier molecular flexibility index (Phi) is 2.76. The summed E-state index contributed by atoms with van der Waals surface area (Å²) in [4.78, 5) is 0. The summed E-state index contributed by atoms with van der Waals surface area (Å²) in [5, 5.41) is 2.52. The van der Waals surface area contributed by atoms with E-state index in [0.29, 0.717) is 6.54 Å². The number of nitrogens with two attached hydrogens (primary N) is 1. The van der Waals surface area contributed by atoms with Crippen molar-refractivity contribution in [3.8, 4) is 5.69 Å². The highest BCUT2D eigenvalue weighted by atomic mass is 15.0. The Bertz CT molecular complexity index is 920. The maximum absolute atomic E-state index is 5.95. The molecule has 2 heteroatoms. The largest absolute Gasteiger partial charge is 0.326 e. The van der Waals surface area contributed by atoms with E-state index in [4.69, 9.17) is 5.73 Å². The zero-order valence-electron chi connectivity index (χ0n) is 11.7. The topological polar surface area (TPSA) is 30.9 Å². The van der Waals surface area contributed by atoms with Gasteiger partial charge >= 0.3 is 0 Å². The lowest BCUT2D eigenvalue weighted by Crippen LogP contribution is -1.97. The van der Waals surface area contributed by atoms with Gasteiger partial charge in [0.25, 0.3) is 0 Å². The lowest BCUT2D eigenvalue weighted by atomic mass is 10.1. The van der Waals surface area contributed by atoms with E-state index in [9.17, 15) is 0 Å². The Morgan fingerprint density at radius 3 is 2.24 bits per heavy atom. The zero-order chi connectivity index (χ0) is 14.2. The van der Waals surface area contributed by atoms with Crippen LogP contribution in [-0.2, 0) is 6.54 Å². The maximum Gasteiger partial charge on any atom is 0.0544 e. The van der Waals surface area contributed by atoms with Crippen molar-refractivity contribution < 1.29 is 0 Å². The Morgan fingerprint density at radius 2 is 1.43 bits per heavy atom. The van der Waals surface area contributed by atoms with Crippen LogP contribution in [0.2, 0.25) is 0 Å². The fraction of sp³-hybridized carbons (Fsp3) is 0.0526. The molecule has 3 aromatic carbocycles. The average Bonchev–Trinajstić information content (AvgIpc) is 2.90. The first-order valence-electron chi connectivity index (χ1n) is 7.16. The highest BCUT2D eigenvalue weighted by Gasteiger charge is 2.13. The number of benzene rings is 3. The quantitative estimate of drug-likeness (QED) is 0.581. The maximum atomic E-state index is 5.95. The first-order chi connectivity index (χ1) is 10.4. The van der Waals surface area contributed by atoms with Crippen LogP contribution in [0.1, 0.15) is 5.56 Å². The fourth-order valence-electron chi connectivity index (χ4n) is 3.12. The first-order valence-corrected chi connectivity index (χ1v) is 7.16. The zero-order valence-corrected chi connectivity index (χ0v) is 11.7. The number of hydrogen-bond donors (Lipinski definition) is 1. The number of fused-ring (bicyclic) bond motifs is 3. The molecule has 0 atom stereocenters. The molecule has 4 aromatic rings. The number of hydrogen-bond acceptors (Lipinski definition) is 1. The van der Waals surface area contributed by atoms with E-state index in [1.165, 1.54) is 33.1 Å². The van der Waals surface area contributed by atoms with Gasteiger partial charge in [-0.3, -0.25) is 0 Å². The molecule has 0 spiro atoms. The van der Waals surface area contributed by atoms with Gasteiger partial charge in [-0.15, -0.1) is 0 Å². The van der Waals surface area contributed by atoms with Crippen LogP contribution in [0.15, 0.2) is 72.8 Å². The van der Waals surface area contributed by atoms with E-state index < -0.39 is 0 Å². The summed E-state index contributed by atoms with van der Waals surface area (Å²) >= 11 is 0. The third kappa shape index (κ3) is 1.77. The molecule has 0 aliphatic rings. The fourth-order valence-corrected chi connectivity index (χ4v) is 3.12. The van der Waals surface area contributed by atoms with Crippen LogP contribution in [0.25, 0.3) is 27.5 Å². The van der Waals surface area contributed by atoms with Crippen molar-refractivity contribution in [3.63, 3.8) is 0 Å². The molecule has 102 valence electrons. The minimum Gasteiger partial charge on any atom is -0.326 e. The van der Waals surface area contributed by atoms with Gasteiger partial charge in [0.1, 0.15) is 0 Å². The molecule has 0 radical (unpaired) electrons. The number of nitrogens with zero attached hydrogens (tertiary/aromatic N) is 1. The summed E-state index contributed by atoms with van der Waals surface area (Å²) in [7, 11) is 0. The van der Waals surface area contributed by atoms with Gasteiger partial charge in [0.15, 0.2) is 0 Å². The van der Waals surface area contributed by atoms with Gasteiger partial charge in [0.2, 0.25) is 0 Å². The molecule has 0 aliphatic carbocycles. The first kappa shape index (κ1) is 12.2. The van der Waals surface area contributed by atoms with Gasteiger partial charge in [-0.2, -0.15) is 0 Å². The average molecular weight is 272 g/mol. The molecule has 0 saturated carbocycles. The van der Waals surface area contributed by atoms with Crippen LogP contribution < -0.4 is 5.73 Å². The molecule has 0 amide bonds. The third-order valence-electron chi connectivity index (χ3n) is 4.02. The predicted octanol–water partition coefficient (Wildman–Crippen LogP) is 4.24. The molecule has 0 saturated heterocycles. The summed E-state index contributed by atoms with van der Waals surface area (Å²) < 4.78 is 2.31. The van der Waals surface area contributed by atoms with E-state index in [1.807, 2.05) is 6.07 Å². The van der Waals surface area contributed by atoms with Crippen LogP contribution >= 0.6 is 0 Å². The molecule has 0 unspecified atom stereocenters. The Hall–Kier alpha value is -2.58. The number of aromatic nitrogens is 1. The van der Waals surface area contributed by atoms with Gasteiger partial charge in [0.05, 0.1) is 11.0 Å². The second kappa shape index (κ2) is 4.76. The molecule has 21 heavy (non-hydrogen) atoms. The normalized spacial score (nSPS) is 11.3. The molecular weight excluding hydrogens is 256 g/mol. The summed E-state index contributed by atoms with van der Waals surface area (Å²) in [5.41, 5.74) is 10.8. The highest BCUT2D eigenvalue weighted by molar-refractivity contribution is 6.10. The molecule has 2 nitrogen and oxygen atoms in total. The van der Waals surface area contributed by atoms with Gasteiger partial charge in [-0.25, -0.2) is 0 Å². The minimum atomic E-state index is 0.556. The molecular formula is C19H16N2. The van der Waals surface area contributed by atoms with Crippen molar-refractivity contribution in [1.29, 1.82) is 0 Å². The van der Waals surface area contributed by atoms with Crippen LogP contribution in [-0.4, -0.2) is 4.57 Å². The van der Waals surface area contributed by atoms with Crippen LogP contribution in [0.3, 0.4) is 0 Å². The van der Waals surface area contributed by atoms with E-state index in [2.05, 4.69) is 71.3 Å². The van der Waals surface area contributed by atoms with E-state index >= 15 is 0 Å². The van der Waals surface area contributed by atoms with Gasteiger partial charge in [0, 0.05) is 23.0 Å². The standard InChI is InChI=1S/C19H16N2/c20-13-14-7-6-12-18-19(14)16-10-4-5-11-17(16)21(18)15-8-2-1-3-9-15/h1-12H,13,20H2. The van der Waals surface area contributed by atoms with Crippen LogP contribution in [0, 0.1) is 0 Å². The molecule has 2 N–H and O–H groups in total. The van der Waals surface area contributed by atoms with Crippen molar-refractivity contribution in [1.82, 2.24) is 4.57 Å². The van der Waals surface area contributed by atoms with Gasteiger partial charge in [-0.05, 0) is 29.8 Å². The van der Waals surface area contributed by atoms with E-state index in [1.54, 1.807) is 0 Å². The van der Waals surface area contributed by atoms with E-state index in [0.717, 1.165) is 0 Å². The lowest BCUT2D eigenvalue weighted by Gasteiger charge is -2.07. The molecule has 0 bridgehead atoms. The summed E-state index contributed by atoms with van der Waals surface area (Å²) in [5.74, 6) is 0. The SMILES string of the molecule is NCc1cccc2c1c1ccccc1n2-c1ccccc1. The minimum absolute atomic E-state index is 0.556. The Labute approximate surface area is 123 Å². The summed E-state index contributed by atoms with van der Waals surface area (Å²) in [6.45, 7) is 0.556. The number of rotatable bonds is 2. The highest BCUT2D eigenvalue weighted by Crippen LogP contribution is 2.33. The third-order valence-corrected chi connectivity index (χ3v) is 4.02. The van der Waals surface area contributed by atoms with Crippen LogP contribution in [0.5, 0.6) is 0 Å². The monoisotopic (exact) mass is 272 g/mol. The van der Waals surface area contributed by atoms with E-state index in [-0.39, 0.29) is 0 Å². The molecule has 0 fully saturated rings. The van der Waals surface area contributed by atoms with Crippen molar-refractivity contribution in [3.05, 3.63) is 78.4 Å². The molecule has 4 rings (SSSR count). The number of para-hydroxylation sites is 2. The predicted molar refractivity (Wildman–Crippen MR) is 88.7 cm³/mol. The second-order valence-corrected chi connectivity index (χ2v) is 5.20. The van der Waals surface area contributed by atoms with Crippen molar-refractivity contribution in [2.45, 2.75) is 6.54 Å². The van der Waals surface area contributed by atoms with Crippen molar-refractivity contribution >= 4 is 21.8 Å². The van der Waals surface area contributed by atoms with Crippen LogP contribution in [0.4, 0.5) is 0 Å². The second-order valence-electron chi connectivity index (χ2n) is 5.20. The summed E-state index contributed by atoms with van der Waals surface area (Å²) in [6.07, 6.45) is 0. The van der Waals surface area contributed by atoms with Gasteiger partial charge in [-0.1, -0.05) is 48.5 Å².